The molecule has 0 unspecified atom stereocenters. The summed E-state index contributed by atoms with van der Waals surface area (Å²) in [7, 11) is 3.13. The fourth-order valence-electron chi connectivity index (χ4n) is 3.86. The van der Waals surface area contributed by atoms with Gasteiger partial charge in [0.25, 0.3) is 0 Å². The van der Waals surface area contributed by atoms with Crippen molar-refractivity contribution in [2.45, 2.75) is 20.4 Å². The summed E-state index contributed by atoms with van der Waals surface area (Å²) in [5.41, 5.74) is 3.35. The Hall–Kier alpha value is -4.33. The standard InChI is InChI=1S/C27H25FN2O5/c1-16-12-24(35-23-9-10-29-21-14-26(34-4)25(33-3)13-20(21)23)17(2)11-22(16)30(27(31)32)15-18-5-7-19(28)8-6-18/h5-14H,15H2,1-4H3,(H,31,32). The number of carboxylic acid groups (broad SMARTS) is 1. The summed E-state index contributed by atoms with van der Waals surface area (Å²) >= 11 is 0. The lowest BCUT2D eigenvalue weighted by Gasteiger charge is -2.23. The highest BCUT2D eigenvalue weighted by Gasteiger charge is 2.20. The molecule has 0 aliphatic heterocycles. The highest BCUT2D eigenvalue weighted by atomic mass is 19.1. The average molecular weight is 477 g/mol. The van der Waals surface area contributed by atoms with E-state index < -0.39 is 6.09 Å². The third kappa shape index (κ3) is 4.96. The molecule has 1 amide bonds. The van der Waals surface area contributed by atoms with E-state index in [2.05, 4.69) is 4.98 Å². The molecule has 1 N–H and O–H groups in total. The average Bonchev–Trinajstić information content (AvgIpc) is 2.85. The molecule has 0 bridgehead atoms. The molecule has 1 heterocycles. The Morgan fingerprint density at radius 2 is 1.60 bits per heavy atom. The third-order valence-corrected chi connectivity index (χ3v) is 5.70. The van der Waals surface area contributed by atoms with Gasteiger partial charge in [-0.1, -0.05) is 12.1 Å². The summed E-state index contributed by atoms with van der Waals surface area (Å²) in [5.74, 6) is 1.91. The summed E-state index contributed by atoms with van der Waals surface area (Å²) in [6, 6.07) is 14.7. The van der Waals surface area contributed by atoms with Crippen molar-refractivity contribution in [3.05, 3.63) is 83.3 Å². The maximum atomic E-state index is 13.3. The van der Waals surface area contributed by atoms with Gasteiger partial charge in [-0.25, -0.2) is 9.18 Å². The lowest BCUT2D eigenvalue weighted by molar-refractivity contribution is 0.201. The van der Waals surface area contributed by atoms with Gasteiger partial charge in [0.2, 0.25) is 0 Å². The van der Waals surface area contributed by atoms with Gasteiger partial charge < -0.3 is 19.3 Å². The molecule has 0 fully saturated rings. The highest BCUT2D eigenvalue weighted by Crippen LogP contribution is 2.38. The molecule has 8 heteroatoms. The minimum absolute atomic E-state index is 0.0900. The smallest absolute Gasteiger partial charge is 0.412 e. The van der Waals surface area contributed by atoms with Crippen molar-refractivity contribution in [1.82, 2.24) is 4.98 Å². The maximum absolute atomic E-state index is 13.3. The van der Waals surface area contributed by atoms with Crippen LogP contribution in [0.25, 0.3) is 10.9 Å². The van der Waals surface area contributed by atoms with Gasteiger partial charge in [0.05, 0.1) is 32.0 Å². The first-order valence-corrected chi connectivity index (χ1v) is 10.9. The zero-order valence-electron chi connectivity index (χ0n) is 19.8. The number of pyridine rings is 1. The second-order valence-corrected chi connectivity index (χ2v) is 8.03. The Morgan fingerprint density at radius 1 is 0.914 bits per heavy atom. The number of aromatic nitrogens is 1. The van der Waals surface area contributed by atoms with Crippen molar-refractivity contribution in [2.75, 3.05) is 19.1 Å². The topological polar surface area (TPSA) is 81.1 Å². The van der Waals surface area contributed by atoms with Crippen LogP contribution >= 0.6 is 0 Å². The van der Waals surface area contributed by atoms with Crippen molar-refractivity contribution >= 4 is 22.7 Å². The zero-order valence-corrected chi connectivity index (χ0v) is 19.8. The zero-order chi connectivity index (χ0) is 25.1. The molecule has 7 nitrogen and oxygen atoms in total. The molecule has 180 valence electrons. The molecule has 0 radical (unpaired) electrons. The number of hydrogen-bond donors (Lipinski definition) is 1. The molecule has 1 aromatic heterocycles. The molecule has 0 saturated heterocycles. The minimum atomic E-state index is -1.10. The van der Waals surface area contributed by atoms with E-state index in [1.54, 1.807) is 56.8 Å². The van der Waals surface area contributed by atoms with E-state index in [0.717, 1.165) is 10.9 Å². The fourth-order valence-corrected chi connectivity index (χ4v) is 3.86. The molecule has 35 heavy (non-hydrogen) atoms. The second kappa shape index (κ2) is 9.89. The first-order valence-electron chi connectivity index (χ1n) is 10.9. The van der Waals surface area contributed by atoms with Crippen LogP contribution in [0.15, 0.2) is 60.8 Å². The highest BCUT2D eigenvalue weighted by molar-refractivity contribution is 5.89. The number of halogens is 1. The van der Waals surface area contributed by atoms with E-state index in [9.17, 15) is 14.3 Å². The fraction of sp³-hybridized carbons (Fsp3) is 0.185. The number of anilines is 1. The predicted octanol–water partition coefficient (Wildman–Crippen LogP) is 6.48. The number of aryl methyl sites for hydroxylation is 2. The van der Waals surface area contributed by atoms with Crippen molar-refractivity contribution in [3.63, 3.8) is 0 Å². The quantitative estimate of drug-likeness (QED) is 0.329. The molecular formula is C27H25FN2O5. The van der Waals surface area contributed by atoms with Gasteiger partial charge in [-0.3, -0.25) is 9.88 Å². The Labute approximate surface area is 202 Å². The lowest BCUT2D eigenvalue weighted by atomic mass is 10.1. The van der Waals surface area contributed by atoms with Crippen LogP contribution in [0.4, 0.5) is 14.9 Å². The number of fused-ring (bicyclic) bond motifs is 1. The SMILES string of the molecule is COc1cc2nccc(Oc3cc(C)c(N(Cc4ccc(F)cc4)C(=O)O)cc3C)c2cc1OC. The second-order valence-electron chi connectivity index (χ2n) is 8.03. The van der Waals surface area contributed by atoms with Crippen LogP contribution in [0.2, 0.25) is 0 Å². The maximum Gasteiger partial charge on any atom is 0.412 e. The number of nitrogens with zero attached hydrogens (tertiary/aromatic N) is 2. The van der Waals surface area contributed by atoms with Crippen molar-refractivity contribution < 1.29 is 28.5 Å². The van der Waals surface area contributed by atoms with Crippen LogP contribution in [0.5, 0.6) is 23.0 Å². The van der Waals surface area contributed by atoms with Crippen LogP contribution in [0.1, 0.15) is 16.7 Å². The van der Waals surface area contributed by atoms with E-state index in [1.807, 2.05) is 19.9 Å². The summed E-state index contributed by atoms with van der Waals surface area (Å²) in [4.78, 5) is 17.7. The number of carbonyl (C=O) groups is 1. The molecule has 0 spiro atoms. The van der Waals surface area contributed by atoms with Gasteiger partial charge >= 0.3 is 6.09 Å². The van der Waals surface area contributed by atoms with Gasteiger partial charge in [0.15, 0.2) is 11.5 Å². The Balaban J connectivity index is 1.69. The lowest BCUT2D eigenvalue weighted by Crippen LogP contribution is -2.29. The molecule has 0 aliphatic rings. The van der Waals surface area contributed by atoms with Crippen LogP contribution in [-0.4, -0.2) is 30.4 Å². The van der Waals surface area contributed by atoms with Crippen molar-refractivity contribution in [2.24, 2.45) is 0 Å². The summed E-state index contributed by atoms with van der Waals surface area (Å²) in [6.45, 7) is 3.76. The van der Waals surface area contributed by atoms with Gasteiger partial charge in [-0.15, -0.1) is 0 Å². The van der Waals surface area contributed by atoms with E-state index in [4.69, 9.17) is 14.2 Å². The number of amides is 1. The van der Waals surface area contributed by atoms with E-state index in [0.29, 0.717) is 45.3 Å². The molecule has 0 atom stereocenters. The summed E-state index contributed by atoms with van der Waals surface area (Å²) in [6.07, 6.45) is 0.543. The first kappa shape index (κ1) is 23.8. The molecule has 3 aromatic carbocycles. The van der Waals surface area contributed by atoms with Gasteiger partial charge in [-0.2, -0.15) is 0 Å². The Kier molecular flexibility index (Phi) is 6.73. The van der Waals surface area contributed by atoms with Crippen molar-refractivity contribution in [1.29, 1.82) is 0 Å². The third-order valence-electron chi connectivity index (χ3n) is 5.70. The van der Waals surface area contributed by atoms with Crippen LogP contribution in [0, 0.1) is 19.7 Å². The van der Waals surface area contributed by atoms with Crippen LogP contribution in [0.3, 0.4) is 0 Å². The van der Waals surface area contributed by atoms with E-state index >= 15 is 0 Å². The number of benzene rings is 3. The van der Waals surface area contributed by atoms with Gasteiger partial charge in [0.1, 0.15) is 17.3 Å². The van der Waals surface area contributed by atoms with Gasteiger partial charge in [0, 0.05) is 17.6 Å². The number of rotatable bonds is 7. The van der Waals surface area contributed by atoms with Crippen molar-refractivity contribution in [3.8, 4) is 23.0 Å². The van der Waals surface area contributed by atoms with Crippen LogP contribution in [-0.2, 0) is 6.54 Å². The Bertz CT molecular complexity index is 1390. The number of hydrogen-bond acceptors (Lipinski definition) is 5. The minimum Gasteiger partial charge on any atom is -0.493 e. The number of ether oxygens (including phenoxy) is 3. The normalized spacial score (nSPS) is 10.8. The molecule has 0 aliphatic carbocycles. The molecule has 4 aromatic rings. The van der Waals surface area contributed by atoms with E-state index in [1.165, 1.54) is 17.0 Å². The van der Waals surface area contributed by atoms with Gasteiger partial charge in [-0.05, 0) is 66.9 Å². The predicted molar refractivity (Wildman–Crippen MR) is 131 cm³/mol. The molecule has 0 saturated carbocycles. The Morgan fingerprint density at radius 3 is 2.26 bits per heavy atom. The molecular weight excluding hydrogens is 451 g/mol. The van der Waals surface area contributed by atoms with Crippen LogP contribution < -0.4 is 19.1 Å². The largest absolute Gasteiger partial charge is 0.493 e. The summed E-state index contributed by atoms with van der Waals surface area (Å²) < 4.78 is 30.3. The number of methoxy groups -OCH3 is 2. The van der Waals surface area contributed by atoms with E-state index in [-0.39, 0.29) is 12.4 Å². The first-order chi connectivity index (χ1) is 16.8. The monoisotopic (exact) mass is 476 g/mol. The summed E-state index contributed by atoms with van der Waals surface area (Å²) in [5, 5.41) is 10.6. The molecule has 4 rings (SSSR count).